The fourth-order valence-electron chi connectivity index (χ4n) is 1.94. The molecule has 1 saturated heterocycles. The number of hydrogen-bond acceptors (Lipinski definition) is 4. The van der Waals surface area contributed by atoms with Crippen LogP contribution < -0.4 is 0 Å². The zero-order chi connectivity index (χ0) is 12.8. The Morgan fingerprint density at radius 2 is 2.24 bits per heavy atom. The Hall–Kier alpha value is -0.590. The van der Waals surface area contributed by atoms with Crippen LogP contribution in [0.15, 0.2) is 9.66 Å². The Balaban J connectivity index is 2.75. The van der Waals surface area contributed by atoms with Crippen molar-refractivity contribution in [1.82, 2.24) is 0 Å². The third kappa shape index (κ3) is 3.43. The molecule has 0 aromatic rings. The highest BCUT2D eigenvalue weighted by molar-refractivity contribution is 14.1. The van der Waals surface area contributed by atoms with Crippen molar-refractivity contribution < 1.29 is 19.1 Å². The monoisotopic (exact) mass is 352 g/mol. The first-order valence-electron chi connectivity index (χ1n) is 5.74. The molecule has 1 heterocycles. The minimum Gasteiger partial charge on any atom is -0.468 e. The molecule has 0 unspecified atom stereocenters. The summed E-state index contributed by atoms with van der Waals surface area (Å²) in [4.78, 5) is 23.2. The van der Waals surface area contributed by atoms with Gasteiger partial charge >= 0.3 is 11.9 Å². The SMILES string of the molecule is CCCCC[C@@H]1OC(=O)/C(=C/I)[C@H]1C(=O)OC. The minimum absolute atomic E-state index is 0.359. The molecule has 1 aliphatic heterocycles. The molecule has 0 aromatic heterocycles. The maximum absolute atomic E-state index is 11.7. The fraction of sp³-hybridized carbons (Fsp3) is 0.667. The van der Waals surface area contributed by atoms with E-state index in [1.807, 2.05) is 22.6 Å². The summed E-state index contributed by atoms with van der Waals surface area (Å²) in [6, 6.07) is 0. The van der Waals surface area contributed by atoms with E-state index in [4.69, 9.17) is 9.47 Å². The number of halogens is 1. The predicted molar refractivity (Wildman–Crippen MR) is 71.6 cm³/mol. The van der Waals surface area contributed by atoms with Gasteiger partial charge in [0.1, 0.15) is 12.0 Å². The van der Waals surface area contributed by atoms with Crippen LogP contribution in [-0.4, -0.2) is 25.2 Å². The van der Waals surface area contributed by atoms with Crippen molar-refractivity contribution in [3.63, 3.8) is 0 Å². The normalized spacial score (nSPS) is 26.1. The van der Waals surface area contributed by atoms with Gasteiger partial charge in [0.2, 0.25) is 0 Å². The van der Waals surface area contributed by atoms with Gasteiger partial charge in [-0.05, 0) is 16.9 Å². The standard InChI is InChI=1S/C12H17IO4/c1-3-4-5-6-9-10(12(15)16-2)8(7-13)11(14)17-9/h7,9-10H,3-6H2,1-2H3/b8-7+/t9-,10+/m0/s1. The molecule has 1 fully saturated rings. The Morgan fingerprint density at radius 3 is 2.76 bits per heavy atom. The van der Waals surface area contributed by atoms with Crippen LogP contribution in [0.5, 0.6) is 0 Å². The minimum atomic E-state index is -0.554. The van der Waals surface area contributed by atoms with Crippen molar-refractivity contribution in [1.29, 1.82) is 0 Å². The largest absolute Gasteiger partial charge is 0.468 e. The van der Waals surface area contributed by atoms with Gasteiger partial charge in [-0.25, -0.2) is 4.79 Å². The van der Waals surface area contributed by atoms with E-state index >= 15 is 0 Å². The lowest BCUT2D eigenvalue weighted by molar-refractivity contribution is -0.147. The summed E-state index contributed by atoms with van der Waals surface area (Å²) in [5.74, 6) is -1.34. The summed E-state index contributed by atoms with van der Waals surface area (Å²) in [5.41, 5.74) is 0.416. The second kappa shape index (κ2) is 6.98. The summed E-state index contributed by atoms with van der Waals surface area (Å²) >= 11 is 1.95. The molecule has 0 aliphatic carbocycles. The Bertz CT molecular complexity index is 324. The summed E-state index contributed by atoms with van der Waals surface area (Å²) in [6.07, 6.45) is 3.48. The Kier molecular flexibility index (Phi) is 5.94. The van der Waals surface area contributed by atoms with Gasteiger partial charge in [-0.2, -0.15) is 0 Å². The van der Waals surface area contributed by atoms with Crippen LogP contribution in [0.25, 0.3) is 0 Å². The maximum atomic E-state index is 11.7. The van der Waals surface area contributed by atoms with Crippen molar-refractivity contribution >= 4 is 34.5 Å². The second-order valence-electron chi connectivity index (χ2n) is 4.00. The van der Waals surface area contributed by atoms with Gasteiger partial charge < -0.3 is 9.47 Å². The lowest BCUT2D eigenvalue weighted by Crippen LogP contribution is -2.26. The number of ether oxygens (including phenoxy) is 2. The molecule has 0 amide bonds. The molecule has 0 radical (unpaired) electrons. The van der Waals surface area contributed by atoms with Gasteiger partial charge in [-0.15, -0.1) is 0 Å². The number of esters is 2. The van der Waals surface area contributed by atoms with Crippen molar-refractivity contribution in [2.45, 2.75) is 38.7 Å². The number of carbonyl (C=O) groups is 2. The van der Waals surface area contributed by atoms with Crippen LogP contribution in [0, 0.1) is 5.92 Å². The highest BCUT2D eigenvalue weighted by atomic mass is 127. The van der Waals surface area contributed by atoms with Gasteiger partial charge in [0, 0.05) is 0 Å². The van der Waals surface area contributed by atoms with Crippen LogP contribution >= 0.6 is 22.6 Å². The van der Waals surface area contributed by atoms with E-state index in [9.17, 15) is 9.59 Å². The zero-order valence-corrected chi connectivity index (χ0v) is 12.2. The predicted octanol–water partition coefficient (Wildman–Crippen LogP) is 2.60. The number of methoxy groups -OCH3 is 1. The summed E-state index contributed by atoms with van der Waals surface area (Å²) in [6.45, 7) is 2.11. The van der Waals surface area contributed by atoms with Crippen molar-refractivity contribution in [2.24, 2.45) is 5.92 Å². The zero-order valence-electron chi connectivity index (χ0n) is 10.1. The van der Waals surface area contributed by atoms with Crippen LogP contribution in [0.1, 0.15) is 32.6 Å². The van der Waals surface area contributed by atoms with E-state index < -0.39 is 11.9 Å². The number of carbonyl (C=O) groups excluding carboxylic acids is 2. The number of rotatable bonds is 5. The summed E-state index contributed by atoms with van der Waals surface area (Å²) < 4.78 is 11.6. The third-order valence-corrected chi connectivity index (χ3v) is 3.54. The van der Waals surface area contributed by atoms with E-state index in [-0.39, 0.29) is 12.1 Å². The van der Waals surface area contributed by atoms with Crippen LogP contribution in [0.2, 0.25) is 0 Å². The average Bonchev–Trinajstić information content (AvgIpc) is 2.64. The smallest absolute Gasteiger partial charge is 0.335 e. The number of unbranched alkanes of at least 4 members (excludes halogenated alkanes) is 2. The quantitative estimate of drug-likeness (QED) is 0.330. The van der Waals surface area contributed by atoms with Crippen molar-refractivity contribution in [3.05, 3.63) is 9.66 Å². The van der Waals surface area contributed by atoms with Crippen LogP contribution in [0.3, 0.4) is 0 Å². The maximum Gasteiger partial charge on any atom is 0.335 e. The van der Waals surface area contributed by atoms with E-state index in [1.165, 1.54) is 7.11 Å². The molecule has 1 aliphatic rings. The molecule has 96 valence electrons. The van der Waals surface area contributed by atoms with E-state index in [0.717, 1.165) is 19.3 Å². The van der Waals surface area contributed by atoms with Gasteiger partial charge in [0.05, 0.1) is 12.7 Å². The number of cyclic esters (lactones) is 1. The molecule has 17 heavy (non-hydrogen) atoms. The van der Waals surface area contributed by atoms with Crippen LogP contribution in [0.4, 0.5) is 0 Å². The molecule has 0 spiro atoms. The highest BCUT2D eigenvalue weighted by Crippen LogP contribution is 2.32. The van der Waals surface area contributed by atoms with E-state index in [2.05, 4.69) is 6.92 Å². The Labute approximate surface area is 115 Å². The molecular weight excluding hydrogens is 335 g/mol. The molecule has 0 bridgehead atoms. The van der Waals surface area contributed by atoms with Gasteiger partial charge in [0.15, 0.2) is 0 Å². The molecular formula is C12H17IO4. The summed E-state index contributed by atoms with van der Waals surface area (Å²) in [5, 5.41) is 0. The summed E-state index contributed by atoms with van der Waals surface area (Å²) in [7, 11) is 1.33. The molecule has 0 saturated carbocycles. The van der Waals surface area contributed by atoms with Gasteiger partial charge in [-0.3, -0.25) is 4.79 Å². The molecule has 4 nitrogen and oxygen atoms in total. The molecule has 0 aromatic carbocycles. The Morgan fingerprint density at radius 1 is 1.53 bits per heavy atom. The topological polar surface area (TPSA) is 52.6 Å². The molecule has 1 rings (SSSR count). The first-order valence-corrected chi connectivity index (χ1v) is 6.99. The van der Waals surface area contributed by atoms with E-state index in [0.29, 0.717) is 12.0 Å². The lowest BCUT2D eigenvalue weighted by atomic mass is 9.94. The van der Waals surface area contributed by atoms with E-state index in [1.54, 1.807) is 4.08 Å². The van der Waals surface area contributed by atoms with Crippen molar-refractivity contribution in [2.75, 3.05) is 7.11 Å². The second-order valence-corrected chi connectivity index (χ2v) is 4.63. The first-order chi connectivity index (χ1) is 8.15. The molecule has 2 atom stereocenters. The number of hydrogen-bond donors (Lipinski definition) is 0. The average molecular weight is 352 g/mol. The fourth-order valence-corrected chi connectivity index (χ4v) is 2.58. The van der Waals surface area contributed by atoms with Gasteiger partial charge in [-0.1, -0.05) is 42.4 Å². The third-order valence-electron chi connectivity index (χ3n) is 2.87. The molecule has 0 N–H and O–H groups in total. The lowest BCUT2D eigenvalue weighted by Gasteiger charge is -2.15. The van der Waals surface area contributed by atoms with Crippen LogP contribution in [-0.2, 0) is 19.1 Å². The van der Waals surface area contributed by atoms with Crippen molar-refractivity contribution in [3.8, 4) is 0 Å². The molecule has 5 heteroatoms. The van der Waals surface area contributed by atoms with Gasteiger partial charge in [0.25, 0.3) is 0 Å². The highest BCUT2D eigenvalue weighted by Gasteiger charge is 2.44. The first kappa shape index (κ1) is 14.5.